The highest BCUT2D eigenvalue weighted by molar-refractivity contribution is 7.18. The van der Waals surface area contributed by atoms with Gasteiger partial charge in [-0.25, -0.2) is 9.97 Å². The Morgan fingerprint density at radius 3 is 2.58 bits per heavy atom. The van der Waals surface area contributed by atoms with Crippen molar-refractivity contribution in [2.45, 2.75) is 33.1 Å². The standard InChI is InChI=1S/C20H23N3S/c1-14-12-18-19(21-15(2)22-20(18)24-14)23-10-8-17(9-11-23)13-16-6-4-3-5-7-16/h3-7,12,17H,8-11,13H2,1-2H3. The predicted molar refractivity (Wildman–Crippen MR) is 102 cm³/mol. The molecule has 4 rings (SSSR count). The van der Waals surface area contributed by atoms with Crippen molar-refractivity contribution in [3.05, 3.63) is 52.7 Å². The average molecular weight is 337 g/mol. The number of benzene rings is 1. The largest absolute Gasteiger partial charge is 0.356 e. The Hall–Kier alpha value is -1.94. The minimum atomic E-state index is 0.784. The Kier molecular flexibility index (Phi) is 4.23. The average Bonchev–Trinajstić information content (AvgIpc) is 2.96. The SMILES string of the molecule is Cc1nc(N2CCC(Cc3ccccc3)CC2)c2cc(C)sc2n1. The molecule has 0 amide bonds. The fourth-order valence-corrected chi connectivity index (χ4v) is 4.59. The molecule has 3 aromatic rings. The molecule has 4 heteroatoms. The van der Waals surface area contributed by atoms with E-state index in [0.717, 1.165) is 35.5 Å². The normalized spacial score (nSPS) is 16.0. The van der Waals surface area contributed by atoms with Gasteiger partial charge in [-0.2, -0.15) is 0 Å². The zero-order chi connectivity index (χ0) is 16.5. The van der Waals surface area contributed by atoms with E-state index in [4.69, 9.17) is 4.98 Å². The number of hydrogen-bond acceptors (Lipinski definition) is 4. The molecule has 1 aliphatic rings. The molecule has 2 aromatic heterocycles. The third kappa shape index (κ3) is 3.16. The monoisotopic (exact) mass is 337 g/mol. The van der Waals surface area contributed by atoms with Crippen LogP contribution in [0, 0.1) is 19.8 Å². The van der Waals surface area contributed by atoms with Crippen molar-refractivity contribution in [3.63, 3.8) is 0 Å². The summed E-state index contributed by atoms with van der Waals surface area (Å²) in [7, 11) is 0. The van der Waals surface area contributed by atoms with Gasteiger partial charge in [-0.15, -0.1) is 11.3 Å². The van der Waals surface area contributed by atoms with Gasteiger partial charge in [0, 0.05) is 18.0 Å². The van der Waals surface area contributed by atoms with Gasteiger partial charge in [-0.1, -0.05) is 30.3 Å². The minimum absolute atomic E-state index is 0.784. The van der Waals surface area contributed by atoms with Crippen molar-refractivity contribution in [2.75, 3.05) is 18.0 Å². The highest BCUT2D eigenvalue weighted by Gasteiger charge is 2.22. The van der Waals surface area contributed by atoms with Crippen molar-refractivity contribution in [1.29, 1.82) is 0 Å². The van der Waals surface area contributed by atoms with E-state index in [9.17, 15) is 0 Å². The van der Waals surface area contributed by atoms with Crippen molar-refractivity contribution in [2.24, 2.45) is 5.92 Å². The van der Waals surface area contributed by atoms with Crippen LogP contribution >= 0.6 is 11.3 Å². The maximum atomic E-state index is 4.77. The molecule has 0 radical (unpaired) electrons. The molecule has 1 aliphatic heterocycles. The molecular weight excluding hydrogens is 314 g/mol. The van der Waals surface area contributed by atoms with Crippen LogP contribution in [0.5, 0.6) is 0 Å². The number of fused-ring (bicyclic) bond motifs is 1. The van der Waals surface area contributed by atoms with Gasteiger partial charge in [0.1, 0.15) is 16.5 Å². The zero-order valence-corrected chi connectivity index (χ0v) is 15.1. The van der Waals surface area contributed by atoms with Gasteiger partial charge in [0.15, 0.2) is 0 Å². The summed E-state index contributed by atoms with van der Waals surface area (Å²) >= 11 is 1.77. The smallest absolute Gasteiger partial charge is 0.141 e. The molecule has 0 bridgehead atoms. The third-order valence-corrected chi connectivity index (χ3v) is 5.83. The molecule has 0 saturated carbocycles. The Balaban J connectivity index is 1.50. The molecule has 0 aliphatic carbocycles. The van der Waals surface area contributed by atoms with Crippen LogP contribution in [0.1, 0.15) is 29.1 Å². The lowest BCUT2D eigenvalue weighted by molar-refractivity contribution is 0.402. The molecule has 1 fully saturated rings. The van der Waals surface area contributed by atoms with Crippen LogP contribution in [-0.2, 0) is 6.42 Å². The number of hydrogen-bond donors (Lipinski definition) is 0. The summed E-state index contributed by atoms with van der Waals surface area (Å²) in [6, 6.07) is 13.1. The van der Waals surface area contributed by atoms with Crippen molar-refractivity contribution >= 4 is 27.4 Å². The second kappa shape index (κ2) is 6.52. The number of aryl methyl sites for hydroxylation is 2. The van der Waals surface area contributed by atoms with E-state index in [0.29, 0.717) is 0 Å². The van der Waals surface area contributed by atoms with E-state index in [1.165, 1.54) is 35.1 Å². The molecule has 0 atom stereocenters. The maximum absolute atomic E-state index is 4.77. The van der Waals surface area contributed by atoms with Crippen molar-refractivity contribution < 1.29 is 0 Å². The molecule has 24 heavy (non-hydrogen) atoms. The highest BCUT2D eigenvalue weighted by Crippen LogP contribution is 2.33. The van der Waals surface area contributed by atoms with E-state index in [-0.39, 0.29) is 0 Å². The van der Waals surface area contributed by atoms with Crippen LogP contribution in [0.2, 0.25) is 0 Å². The fraction of sp³-hybridized carbons (Fsp3) is 0.400. The highest BCUT2D eigenvalue weighted by atomic mass is 32.1. The molecule has 3 heterocycles. The zero-order valence-electron chi connectivity index (χ0n) is 14.3. The number of rotatable bonds is 3. The van der Waals surface area contributed by atoms with Crippen LogP contribution in [0.15, 0.2) is 36.4 Å². The second-order valence-corrected chi connectivity index (χ2v) is 8.03. The van der Waals surface area contributed by atoms with Crippen LogP contribution in [0.3, 0.4) is 0 Å². The first kappa shape index (κ1) is 15.6. The summed E-state index contributed by atoms with van der Waals surface area (Å²) in [6.45, 7) is 6.34. The lowest BCUT2D eigenvalue weighted by atomic mass is 9.90. The van der Waals surface area contributed by atoms with Gasteiger partial charge in [-0.05, 0) is 50.7 Å². The summed E-state index contributed by atoms with van der Waals surface area (Å²) in [5.41, 5.74) is 1.46. The van der Waals surface area contributed by atoms with E-state index in [1.54, 1.807) is 11.3 Å². The Labute approximate surface area is 147 Å². The van der Waals surface area contributed by atoms with Crippen LogP contribution in [-0.4, -0.2) is 23.1 Å². The van der Waals surface area contributed by atoms with Gasteiger partial charge in [0.25, 0.3) is 0 Å². The van der Waals surface area contributed by atoms with Crippen molar-refractivity contribution in [1.82, 2.24) is 9.97 Å². The maximum Gasteiger partial charge on any atom is 0.141 e. The van der Waals surface area contributed by atoms with Gasteiger partial charge in [-0.3, -0.25) is 0 Å². The summed E-state index contributed by atoms with van der Waals surface area (Å²) < 4.78 is 0. The quantitative estimate of drug-likeness (QED) is 0.689. The van der Waals surface area contributed by atoms with Gasteiger partial charge < -0.3 is 4.90 Å². The van der Waals surface area contributed by atoms with E-state index >= 15 is 0 Å². The first-order valence-corrected chi connectivity index (χ1v) is 9.54. The Morgan fingerprint density at radius 2 is 1.83 bits per heavy atom. The molecule has 0 unspecified atom stereocenters. The van der Waals surface area contributed by atoms with Crippen LogP contribution in [0.25, 0.3) is 10.2 Å². The number of thiophene rings is 1. The number of piperidine rings is 1. The van der Waals surface area contributed by atoms with E-state index < -0.39 is 0 Å². The lowest BCUT2D eigenvalue weighted by Gasteiger charge is -2.33. The number of aromatic nitrogens is 2. The molecule has 1 aromatic carbocycles. The van der Waals surface area contributed by atoms with Gasteiger partial charge in [0.05, 0.1) is 5.39 Å². The number of nitrogens with zero attached hydrogens (tertiary/aromatic N) is 3. The second-order valence-electron chi connectivity index (χ2n) is 6.79. The summed E-state index contributed by atoms with van der Waals surface area (Å²) in [5, 5.41) is 1.23. The molecule has 0 N–H and O–H groups in total. The number of anilines is 1. The van der Waals surface area contributed by atoms with E-state index in [2.05, 4.69) is 53.2 Å². The van der Waals surface area contributed by atoms with Crippen LogP contribution in [0.4, 0.5) is 5.82 Å². The Morgan fingerprint density at radius 1 is 1.08 bits per heavy atom. The van der Waals surface area contributed by atoms with Crippen molar-refractivity contribution in [3.8, 4) is 0 Å². The fourth-order valence-electron chi connectivity index (χ4n) is 3.67. The molecule has 0 spiro atoms. The minimum Gasteiger partial charge on any atom is -0.356 e. The first-order chi connectivity index (χ1) is 11.7. The summed E-state index contributed by atoms with van der Waals surface area (Å²) in [4.78, 5) is 14.3. The van der Waals surface area contributed by atoms with Gasteiger partial charge in [0.2, 0.25) is 0 Å². The van der Waals surface area contributed by atoms with Crippen LogP contribution < -0.4 is 4.90 Å². The topological polar surface area (TPSA) is 29.0 Å². The predicted octanol–water partition coefficient (Wildman–Crippen LogP) is 4.77. The molecular formula is C20H23N3S. The molecule has 3 nitrogen and oxygen atoms in total. The Bertz CT molecular complexity index is 833. The van der Waals surface area contributed by atoms with E-state index in [1.807, 2.05) is 6.92 Å². The first-order valence-electron chi connectivity index (χ1n) is 8.73. The summed E-state index contributed by atoms with van der Waals surface area (Å²) in [5.74, 6) is 2.80. The molecule has 1 saturated heterocycles. The third-order valence-electron chi connectivity index (χ3n) is 4.89. The lowest BCUT2D eigenvalue weighted by Crippen LogP contribution is -2.35. The van der Waals surface area contributed by atoms with Gasteiger partial charge >= 0.3 is 0 Å². The summed E-state index contributed by atoms with van der Waals surface area (Å²) in [6.07, 6.45) is 3.68. The molecule has 124 valence electrons.